The van der Waals surface area contributed by atoms with Crippen molar-refractivity contribution in [3.63, 3.8) is 0 Å². The number of anilines is 1. The number of nitrogens with one attached hydrogen (secondary N) is 1. The lowest BCUT2D eigenvalue weighted by Crippen LogP contribution is -2.21. The minimum Gasteiger partial charge on any atom is -0.495 e. The first-order valence-corrected chi connectivity index (χ1v) is 8.41. The van der Waals surface area contributed by atoms with Gasteiger partial charge in [0.05, 0.1) is 39.0 Å². The summed E-state index contributed by atoms with van der Waals surface area (Å²) in [6.07, 6.45) is 0. The third-order valence-electron chi connectivity index (χ3n) is 3.67. The van der Waals surface area contributed by atoms with E-state index in [-0.39, 0.29) is 5.56 Å². The van der Waals surface area contributed by atoms with Crippen LogP contribution in [0.5, 0.6) is 23.0 Å². The lowest BCUT2D eigenvalue weighted by molar-refractivity contribution is -0.119. The van der Waals surface area contributed by atoms with E-state index in [4.69, 9.17) is 35.3 Å². The SMILES string of the molecule is COc1ccc(NC(=O)COC(=O)c2cc(OC)c(OC)c(OC)c2)cc1Cl. The molecule has 28 heavy (non-hydrogen) atoms. The standard InChI is InChI=1S/C19H20ClNO7/c1-24-14-6-5-12(9-13(14)20)21-17(22)10-28-19(23)11-7-15(25-2)18(27-4)16(8-11)26-3/h5-9H,10H2,1-4H3,(H,21,22). The molecule has 0 aliphatic heterocycles. The molecule has 2 aromatic rings. The Bertz CT molecular complexity index is 844. The number of carbonyl (C=O) groups is 2. The fraction of sp³-hybridized carbons (Fsp3) is 0.263. The zero-order valence-electron chi connectivity index (χ0n) is 15.8. The highest BCUT2D eigenvalue weighted by Gasteiger charge is 2.18. The van der Waals surface area contributed by atoms with Gasteiger partial charge in [-0.15, -0.1) is 0 Å². The average Bonchev–Trinajstić information content (AvgIpc) is 2.70. The van der Waals surface area contributed by atoms with Gasteiger partial charge in [-0.1, -0.05) is 11.6 Å². The molecule has 2 aromatic carbocycles. The molecule has 1 amide bonds. The quantitative estimate of drug-likeness (QED) is 0.669. The van der Waals surface area contributed by atoms with Gasteiger partial charge in [-0.3, -0.25) is 4.79 Å². The molecule has 0 spiro atoms. The molecule has 9 heteroatoms. The van der Waals surface area contributed by atoms with Crippen molar-refractivity contribution >= 4 is 29.2 Å². The van der Waals surface area contributed by atoms with E-state index < -0.39 is 18.5 Å². The van der Waals surface area contributed by atoms with Gasteiger partial charge in [0.25, 0.3) is 5.91 Å². The molecule has 0 saturated carbocycles. The number of hydrogen-bond acceptors (Lipinski definition) is 7. The summed E-state index contributed by atoms with van der Waals surface area (Å²) in [7, 11) is 5.80. The lowest BCUT2D eigenvalue weighted by atomic mass is 10.2. The summed E-state index contributed by atoms with van der Waals surface area (Å²) in [5.74, 6) is 0.172. The summed E-state index contributed by atoms with van der Waals surface area (Å²) in [6.45, 7) is -0.487. The molecule has 0 fully saturated rings. The molecule has 2 rings (SSSR count). The van der Waals surface area contributed by atoms with Crippen molar-refractivity contribution in [2.75, 3.05) is 40.4 Å². The van der Waals surface area contributed by atoms with E-state index in [1.165, 1.54) is 46.6 Å². The Balaban J connectivity index is 2.03. The Morgan fingerprint density at radius 3 is 2.00 bits per heavy atom. The Kier molecular flexibility index (Phi) is 7.34. The summed E-state index contributed by atoms with van der Waals surface area (Å²) in [6, 6.07) is 7.62. The molecule has 0 radical (unpaired) electrons. The highest BCUT2D eigenvalue weighted by atomic mass is 35.5. The van der Waals surface area contributed by atoms with Gasteiger partial charge in [0.1, 0.15) is 5.75 Å². The fourth-order valence-corrected chi connectivity index (χ4v) is 2.61. The van der Waals surface area contributed by atoms with Crippen molar-refractivity contribution in [3.05, 3.63) is 40.9 Å². The van der Waals surface area contributed by atoms with Gasteiger partial charge in [0.2, 0.25) is 5.75 Å². The minimum absolute atomic E-state index is 0.148. The van der Waals surface area contributed by atoms with Crippen molar-refractivity contribution in [2.45, 2.75) is 0 Å². The number of ether oxygens (including phenoxy) is 5. The van der Waals surface area contributed by atoms with E-state index in [9.17, 15) is 9.59 Å². The number of hydrogen-bond donors (Lipinski definition) is 1. The van der Waals surface area contributed by atoms with Gasteiger partial charge in [-0.2, -0.15) is 0 Å². The maximum absolute atomic E-state index is 12.3. The summed E-state index contributed by atoms with van der Waals surface area (Å²) < 4.78 is 25.7. The van der Waals surface area contributed by atoms with Crippen molar-refractivity contribution in [1.29, 1.82) is 0 Å². The summed E-state index contributed by atoms with van der Waals surface area (Å²) >= 11 is 6.01. The van der Waals surface area contributed by atoms with E-state index in [0.29, 0.717) is 33.7 Å². The second-order valence-corrected chi connectivity index (χ2v) is 5.79. The van der Waals surface area contributed by atoms with E-state index in [1.54, 1.807) is 12.1 Å². The van der Waals surface area contributed by atoms with Crippen LogP contribution in [0, 0.1) is 0 Å². The topological polar surface area (TPSA) is 92.3 Å². The third kappa shape index (κ3) is 4.98. The maximum Gasteiger partial charge on any atom is 0.338 e. The van der Waals surface area contributed by atoms with Crippen molar-refractivity contribution in [3.8, 4) is 23.0 Å². The van der Waals surface area contributed by atoms with Crippen molar-refractivity contribution in [2.24, 2.45) is 0 Å². The molecule has 0 aliphatic rings. The Morgan fingerprint density at radius 1 is 0.893 bits per heavy atom. The van der Waals surface area contributed by atoms with Gasteiger partial charge in [0, 0.05) is 5.69 Å². The first-order chi connectivity index (χ1) is 13.4. The van der Waals surface area contributed by atoms with Gasteiger partial charge in [0.15, 0.2) is 18.1 Å². The fourth-order valence-electron chi connectivity index (χ4n) is 2.35. The van der Waals surface area contributed by atoms with Gasteiger partial charge in [-0.05, 0) is 30.3 Å². The van der Waals surface area contributed by atoms with Crippen LogP contribution in [0.25, 0.3) is 0 Å². The Hall–Kier alpha value is -3.13. The van der Waals surface area contributed by atoms with Crippen molar-refractivity contribution in [1.82, 2.24) is 0 Å². The van der Waals surface area contributed by atoms with Gasteiger partial charge in [-0.25, -0.2) is 4.79 Å². The zero-order valence-corrected chi connectivity index (χ0v) is 16.6. The number of rotatable bonds is 8. The second-order valence-electron chi connectivity index (χ2n) is 5.39. The van der Waals surface area contributed by atoms with Crippen LogP contribution >= 0.6 is 11.6 Å². The normalized spacial score (nSPS) is 10.0. The van der Waals surface area contributed by atoms with E-state index in [0.717, 1.165) is 0 Å². The molecular weight excluding hydrogens is 390 g/mol. The molecule has 0 aliphatic carbocycles. The largest absolute Gasteiger partial charge is 0.495 e. The first-order valence-electron chi connectivity index (χ1n) is 8.04. The van der Waals surface area contributed by atoms with Crippen LogP contribution in [0.1, 0.15) is 10.4 Å². The summed E-state index contributed by atoms with van der Waals surface area (Å²) in [4.78, 5) is 24.3. The highest BCUT2D eigenvalue weighted by molar-refractivity contribution is 6.32. The maximum atomic E-state index is 12.3. The number of carbonyl (C=O) groups excluding carboxylic acids is 2. The second kappa shape index (κ2) is 9.70. The molecule has 0 heterocycles. The lowest BCUT2D eigenvalue weighted by Gasteiger charge is -2.14. The molecular formula is C19H20ClNO7. The number of esters is 1. The van der Waals surface area contributed by atoms with E-state index in [2.05, 4.69) is 5.32 Å². The number of benzene rings is 2. The molecule has 8 nitrogen and oxygen atoms in total. The molecule has 150 valence electrons. The Labute approximate surface area is 167 Å². The average molecular weight is 410 g/mol. The Morgan fingerprint density at radius 2 is 1.50 bits per heavy atom. The van der Waals surface area contributed by atoms with Crippen LogP contribution in [0.3, 0.4) is 0 Å². The molecule has 1 N–H and O–H groups in total. The molecule has 0 aromatic heterocycles. The predicted octanol–water partition coefficient (Wildman–Crippen LogP) is 3.17. The van der Waals surface area contributed by atoms with E-state index in [1.807, 2.05) is 0 Å². The summed E-state index contributed by atoms with van der Waals surface area (Å²) in [5, 5.41) is 2.92. The first kappa shape index (κ1) is 21.2. The van der Waals surface area contributed by atoms with Gasteiger partial charge < -0.3 is 29.0 Å². The molecule has 0 unspecified atom stereocenters. The molecule has 0 saturated heterocycles. The minimum atomic E-state index is -0.720. The van der Waals surface area contributed by atoms with Crippen molar-refractivity contribution < 1.29 is 33.3 Å². The van der Waals surface area contributed by atoms with Crippen LogP contribution in [0.4, 0.5) is 5.69 Å². The number of halogens is 1. The zero-order chi connectivity index (χ0) is 20.7. The van der Waals surface area contributed by atoms with Crippen LogP contribution in [-0.2, 0) is 9.53 Å². The number of amides is 1. The molecule has 0 atom stereocenters. The monoisotopic (exact) mass is 409 g/mol. The van der Waals surface area contributed by atoms with Crippen LogP contribution in [-0.4, -0.2) is 46.9 Å². The predicted molar refractivity (Wildman–Crippen MR) is 103 cm³/mol. The van der Waals surface area contributed by atoms with Crippen LogP contribution in [0.2, 0.25) is 5.02 Å². The van der Waals surface area contributed by atoms with Crippen LogP contribution in [0.15, 0.2) is 30.3 Å². The van der Waals surface area contributed by atoms with E-state index >= 15 is 0 Å². The summed E-state index contributed by atoms with van der Waals surface area (Å²) in [5.41, 5.74) is 0.592. The third-order valence-corrected chi connectivity index (χ3v) is 3.97. The highest BCUT2D eigenvalue weighted by Crippen LogP contribution is 2.38. The van der Waals surface area contributed by atoms with Crippen LogP contribution < -0.4 is 24.3 Å². The van der Waals surface area contributed by atoms with Gasteiger partial charge >= 0.3 is 5.97 Å². The molecule has 0 bridgehead atoms. The number of methoxy groups -OCH3 is 4. The smallest absolute Gasteiger partial charge is 0.338 e.